The van der Waals surface area contributed by atoms with E-state index in [4.69, 9.17) is 27.9 Å². The number of carbonyl (C=O) groups excluding carboxylic acids is 1. The Balaban J connectivity index is 1.81. The molecule has 6 heteroatoms. The number of halogens is 3. The number of ether oxygens (including phenoxy) is 1. The maximum absolute atomic E-state index is 12.3. The molecule has 27 heavy (non-hydrogen) atoms. The lowest BCUT2D eigenvalue weighted by Gasteiger charge is -2.07. The van der Waals surface area contributed by atoms with E-state index in [1.165, 1.54) is 0 Å². The van der Waals surface area contributed by atoms with Crippen molar-refractivity contribution >= 4 is 57.0 Å². The zero-order chi connectivity index (χ0) is 19.4. The molecule has 0 bridgehead atoms. The maximum Gasteiger partial charge on any atom is 0.343 e. The summed E-state index contributed by atoms with van der Waals surface area (Å²) in [5, 5.41) is 1.01. The molecule has 3 nitrogen and oxygen atoms in total. The third-order valence-corrected chi connectivity index (χ3v) is 4.62. The van der Waals surface area contributed by atoms with Crippen molar-refractivity contribution in [3.8, 4) is 5.75 Å². The molecule has 0 atom stereocenters. The molecular formula is C21H14BrCl2NO2. The predicted octanol–water partition coefficient (Wildman–Crippen LogP) is 7.03. The summed E-state index contributed by atoms with van der Waals surface area (Å²) >= 11 is 15.4. The third-order valence-electron chi connectivity index (χ3n) is 3.62. The van der Waals surface area contributed by atoms with Crippen molar-refractivity contribution in [2.75, 3.05) is 0 Å². The normalized spacial score (nSPS) is 11.0. The van der Waals surface area contributed by atoms with E-state index >= 15 is 0 Å². The van der Waals surface area contributed by atoms with Gasteiger partial charge in [-0.25, -0.2) is 4.79 Å². The molecular weight excluding hydrogens is 449 g/mol. The van der Waals surface area contributed by atoms with E-state index in [1.54, 1.807) is 48.7 Å². The highest BCUT2D eigenvalue weighted by atomic mass is 79.9. The highest BCUT2D eigenvalue weighted by Crippen LogP contribution is 2.28. The Morgan fingerprint density at radius 3 is 2.63 bits per heavy atom. The quantitative estimate of drug-likeness (QED) is 0.237. The van der Waals surface area contributed by atoms with Gasteiger partial charge in [0.2, 0.25) is 0 Å². The number of esters is 1. The van der Waals surface area contributed by atoms with Gasteiger partial charge in [0.25, 0.3) is 0 Å². The Kier molecular flexibility index (Phi) is 6.32. The number of hydrogen-bond donors (Lipinski definition) is 0. The molecule has 0 aliphatic carbocycles. The average molecular weight is 463 g/mol. The lowest BCUT2D eigenvalue weighted by Crippen LogP contribution is -2.08. The third kappa shape index (κ3) is 5.42. The molecule has 0 radical (unpaired) electrons. The molecule has 0 heterocycles. The fourth-order valence-electron chi connectivity index (χ4n) is 2.39. The van der Waals surface area contributed by atoms with Crippen molar-refractivity contribution in [1.29, 1.82) is 0 Å². The molecule has 0 spiro atoms. The fraction of sp³-hybridized carbons (Fsp3) is 0.0476. The van der Waals surface area contributed by atoms with E-state index in [2.05, 4.69) is 20.9 Å². The van der Waals surface area contributed by atoms with Crippen LogP contribution in [0.5, 0.6) is 5.75 Å². The number of benzene rings is 3. The van der Waals surface area contributed by atoms with Crippen LogP contribution in [0.25, 0.3) is 0 Å². The van der Waals surface area contributed by atoms with Gasteiger partial charge in [0.05, 0.1) is 16.3 Å². The van der Waals surface area contributed by atoms with Gasteiger partial charge in [-0.1, -0.05) is 56.8 Å². The second-order valence-corrected chi connectivity index (χ2v) is 7.59. The summed E-state index contributed by atoms with van der Waals surface area (Å²) in [7, 11) is 0. The van der Waals surface area contributed by atoms with Crippen LogP contribution in [0.2, 0.25) is 10.0 Å². The largest absolute Gasteiger partial charge is 0.423 e. The van der Waals surface area contributed by atoms with E-state index in [0.717, 1.165) is 15.6 Å². The number of aryl methyl sites for hydroxylation is 1. The van der Waals surface area contributed by atoms with Crippen LogP contribution in [-0.2, 0) is 0 Å². The minimum absolute atomic E-state index is 0.416. The van der Waals surface area contributed by atoms with Gasteiger partial charge < -0.3 is 4.74 Å². The number of aliphatic imine (C=N–C) groups is 1. The Labute approximate surface area is 175 Å². The molecule has 0 saturated heterocycles. The van der Waals surface area contributed by atoms with Crippen LogP contribution in [-0.4, -0.2) is 12.2 Å². The van der Waals surface area contributed by atoms with Gasteiger partial charge in [-0.2, -0.15) is 0 Å². The standard InChI is InChI=1S/C21H14BrCl2NO2/c1-13-3-2-4-15(7-13)21(26)27-18-9-14(8-16(22)10-18)12-25-20-6-5-17(23)11-19(20)24/h2-12H,1H3. The number of carbonyl (C=O) groups is 1. The molecule has 3 aromatic rings. The molecule has 0 fully saturated rings. The van der Waals surface area contributed by atoms with Gasteiger partial charge in [0.15, 0.2) is 0 Å². The summed E-state index contributed by atoms with van der Waals surface area (Å²) in [6.45, 7) is 1.92. The molecule has 0 saturated carbocycles. The summed E-state index contributed by atoms with van der Waals surface area (Å²) in [5.41, 5.74) is 2.84. The van der Waals surface area contributed by atoms with Crippen molar-refractivity contribution < 1.29 is 9.53 Å². The average Bonchev–Trinajstić information content (AvgIpc) is 2.60. The van der Waals surface area contributed by atoms with Crippen molar-refractivity contribution in [2.24, 2.45) is 4.99 Å². The predicted molar refractivity (Wildman–Crippen MR) is 114 cm³/mol. The summed E-state index contributed by atoms with van der Waals surface area (Å²) in [4.78, 5) is 16.7. The van der Waals surface area contributed by atoms with Crippen LogP contribution in [0.15, 0.2) is 70.1 Å². The highest BCUT2D eigenvalue weighted by Gasteiger charge is 2.10. The second-order valence-electron chi connectivity index (χ2n) is 5.83. The summed E-state index contributed by atoms with van der Waals surface area (Å²) in [6, 6.07) is 17.6. The Bertz CT molecular complexity index is 1030. The smallest absolute Gasteiger partial charge is 0.343 e. The van der Waals surface area contributed by atoms with Crippen LogP contribution < -0.4 is 4.74 Å². The van der Waals surface area contributed by atoms with E-state index in [9.17, 15) is 4.79 Å². The fourth-order valence-corrected chi connectivity index (χ4v) is 3.33. The first-order chi connectivity index (χ1) is 12.9. The molecule has 0 aliphatic rings. The molecule has 0 amide bonds. The van der Waals surface area contributed by atoms with Crippen LogP contribution in [0.4, 0.5) is 5.69 Å². The van der Waals surface area contributed by atoms with Crippen molar-refractivity contribution in [3.05, 3.63) is 91.9 Å². The SMILES string of the molecule is Cc1cccc(C(=O)Oc2cc(Br)cc(C=Nc3ccc(Cl)cc3Cl)c2)c1. The first-order valence-corrected chi connectivity index (χ1v) is 9.54. The highest BCUT2D eigenvalue weighted by molar-refractivity contribution is 9.10. The van der Waals surface area contributed by atoms with Crippen molar-refractivity contribution in [2.45, 2.75) is 6.92 Å². The van der Waals surface area contributed by atoms with Gasteiger partial charge >= 0.3 is 5.97 Å². The molecule has 3 rings (SSSR count). The lowest BCUT2D eigenvalue weighted by atomic mass is 10.1. The zero-order valence-electron chi connectivity index (χ0n) is 14.2. The van der Waals surface area contributed by atoms with E-state index in [0.29, 0.717) is 27.0 Å². The molecule has 3 aromatic carbocycles. The Hall–Kier alpha value is -2.14. The minimum Gasteiger partial charge on any atom is -0.423 e. The Morgan fingerprint density at radius 2 is 1.89 bits per heavy atom. The van der Waals surface area contributed by atoms with Crippen LogP contribution in [0.3, 0.4) is 0 Å². The van der Waals surface area contributed by atoms with E-state index in [-0.39, 0.29) is 0 Å². The van der Waals surface area contributed by atoms with Crippen LogP contribution >= 0.6 is 39.1 Å². The topological polar surface area (TPSA) is 38.7 Å². The van der Waals surface area contributed by atoms with Gasteiger partial charge in [0.1, 0.15) is 5.75 Å². The lowest BCUT2D eigenvalue weighted by molar-refractivity contribution is 0.0734. The van der Waals surface area contributed by atoms with E-state index in [1.807, 2.05) is 25.1 Å². The second kappa shape index (κ2) is 8.70. The number of rotatable bonds is 4. The molecule has 136 valence electrons. The number of nitrogens with zero attached hydrogens (tertiary/aromatic N) is 1. The molecule has 0 aliphatic heterocycles. The summed E-state index contributed by atoms with van der Waals surface area (Å²) in [6.07, 6.45) is 1.64. The first-order valence-electron chi connectivity index (χ1n) is 7.99. The zero-order valence-corrected chi connectivity index (χ0v) is 17.3. The minimum atomic E-state index is -0.416. The summed E-state index contributed by atoms with van der Waals surface area (Å²) < 4.78 is 6.26. The van der Waals surface area contributed by atoms with E-state index < -0.39 is 5.97 Å². The monoisotopic (exact) mass is 461 g/mol. The van der Waals surface area contributed by atoms with Gasteiger partial charge in [-0.3, -0.25) is 4.99 Å². The van der Waals surface area contributed by atoms with Gasteiger partial charge in [-0.05, 0) is 61.0 Å². The van der Waals surface area contributed by atoms with Crippen molar-refractivity contribution in [1.82, 2.24) is 0 Å². The number of hydrogen-bond acceptors (Lipinski definition) is 3. The molecule has 0 aromatic heterocycles. The first kappa shape index (κ1) is 19.6. The maximum atomic E-state index is 12.3. The van der Waals surface area contributed by atoms with Gasteiger partial charge in [-0.15, -0.1) is 0 Å². The Morgan fingerprint density at radius 1 is 1.07 bits per heavy atom. The van der Waals surface area contributed by atoms with Crippen molar-refractivity contribution in [3.63, 3.8) is 0 Å². The van der Waals surface area contributed by atoms with Crippen LogP contribution in [0.1, 0.15) is 21.5 Å². The molecule has 0 unspecified atom stereocenters. The van der Waals surface area contributed by atoms with Crippen LogP contribution in [0, 0.1) is 6.92 Å². The van der Waals surface area contributed by atoms with Gasteiger partial charge in [0, 0.05) is 15.7 Å². The summed E-state index contributed by atoms with van der Waals surface area (Å²) in [5.74, 6) is -0.0000290. The molecule has 0 N–H and O–H groups in total.